The Morgan fingerprint density at radius 2 is 2.00 bits per heavy atom. The Hall–Kier alpha value is -2.15. The van der Waals surface area contributed by atoms with Gasteiger partial charge in [0, 0.05) is 50.1 Å². The molecule has 0 amide bonds. The van der Waals surface area contributed by atoms with Crippen LogP contribution in [0.1, 0.15) is 37.3 Å². The van der Waals surface area contributed by atoms with Crippen LogP contribution in [0.2, 0.25) is 0 Å². The van der Waals surface area contributed by atoms with Crippen molar-refractivity contribution in [3.63, 3.8) is 0 Å². The Bertz CT molecular complexity index is 750. The Kier molecular flexibility index (Phi) is 3.45. The van der Waals surface area contributed by atoms with Crippen LogP contribution < -0.4 is 10.2 Å². The number of rotatable bonds is 4. The number of nitrogens with zero attached hydrogens (tertiary/aromatic N) is 5. The van der Waals surface area contributed by atoms with Gasteiger partial charge in [-0.15, -0.1) is 0 Å². The molecule has 25 heavy (non-hydrogen) atoms. The van der Waals surface area contributed by atoms with E-state index in [-0.39, 0.29) is 0 Å². The zero-order chi connectivity index (χ0) is 16.9. The monoisotopic (exact) mass is 339 g/mol. The van der Waals surface area contributed by atoms with Gasteiger partial charge in [-0.2, -0.15) is 10.1 Å². The lowest BCUT2D eigenvalue weighted by Crippen LogP contribution is -2.58. The van der Waals surface area contributed by atoms with Crippen LogP contribution in [0.25, 0.3) is 0 Å². The van der Waals surface area contributed by atoms with Crippen molar-refractivity contribution in [2.24, 2.45) is 5.41 Å². The minimum absolute atomic E-state index is 0.551. The summed E-state index contributed by atoms with van der Waals surface area (Å²) in [5.41, 5.74) is 1.78. The average Bonchev–Trinajstić information content (AvgIpc) is 3.35. The topological polar surface area (TPSA) is 73.0 Å². The highest BCUT2D eigenvalue weighted by Gasteiger charge is 2.43. The summed E-state index contributed by atoms with van der Waals surface area (Å²) >= 11 is 0. The molecule has 3 aliphatic rings. The van der Waals surface area contributed by atoms with Crippen molar-refractivity contribution < 1.29 is 0 Å². The highest BCUT2D eigenvalue weighted by Crippen LogP contribution is 2.40. The molecule has 2 saturated heterocycles. The van der Waals surface area contributed by atoms with Gasteiger partial charge in [-0.3, -0.25) is 5.10 Å². The third-order valence-electron chi connectivity index (χ3n) is 5.83. The molecule has 2 aliphatic heterocycles. The van der Waals surface area contributed by atoms with Gasteiger partial charge in [0.25, 0.3) is 0 Å². The van der Waals surface area contributed by atoms with Gasteiger partial charge in [0.2, 0.25) is 5.95 Å². The first-order chi connectivity index (χ1) is 12.2. The third kappa shape index (κ3) is 2.97. The fourth-order valence-electron chi connectivity index (χ4n) is 4.30. The Morgan fingerprint density at radius 1 is 1.20 bits per heavy atom. The van der Waals surface area contributed by atoms with E-state index in [0.29, 0.717) is 11.3 Å². The van der Waals surface area contributed by atoms with Crippen molar-refractivity contribution in [2.75, 3.05) is 43.4 Å². The fraction of sp³-hybridized carbons (Fsp3) is 0.611. The number of H-pyrrole nitrogens is 1. The molecule has 132 valence electrons. The van der Waals surface area contributed by atoms with Gasteiger partial charge in [-0.25, -0.2) is 4.98 Å². The maximum atomic E-state index is 4.71. The molecule has 0 atom stereocenters. The molecule has 1 saturated carbocycles. The van der Waals surface area contributed by atoms with Crippen LogP contribution in [0.5, 0.6) is 0 Å². The molecule has 5 rings (SSSR count). The Morgan fingerprint density at radius 3 is 2.72 bits per heavy atom. The van der Waals surface area contributed by atoms with Gasteiger partial charge in [-0.1, -0.05) is 0 Å². The fourth-order valence-corrected chi connectivity index (χ4v) is 4.30. The Balaban J connectivity index is 1.25. The summed E-state index contributed by atoms with van der Waals surface area (Å²) in [6.45, 7) is 4.58. The van der Waals surface area contributed by atoms with E-state index in [2.05, 4.69) is 43.4 Å². The van der Waals surface area contributed by atoms with Gasteiger partial charge in [-0.05, 0) is 44.2 Å². The van der Waals surface area contributed by atoms with Crippen molar-refractivity contribution >= 4 is 17.6 Å². The molecule has 0 bridgehead atoms. The number of aromatic amines is 1. The SMILES string of the molecule is CN1CC2(CCN(c3nccc(Nc4cc(C5CC5)[nH]n4)n3)CC2)C1. The van der Waals surface area contributed by atoms with Gasteiger partial charge in [0.05, 0.1) is 0 Å². The van der Waals surface area contributed by atoms with Gasteiger partial charge >= 0.3 is 0 Å². The molecular weight excluding hydrogens is 314 g/mol. The number of piperidine rings is 1. The van der Waals surface area contributed by atoms with Gasteiger partial charge < -0.3 is 15.1 Å². The van der Waals surface area contributed by atoms with Crippen LogP contribution in [-0.2, 0) is 0 Å². The molecule has 1 spiro atoms. The molecule has 4 heterocycles. The zero-order valence-electron chi connectivity index (χ0n) is 14.7. The number of nitrogens with one attached hydrogen (secondary N) is 2. The van der Waals surface area contributed by atoms with Crippen LogP contribution in [0.4, 0.5) is 17.6 Å². The largest absolute Gasteiger partial charge is 0.341 e. The van der Waals surface area contributed by atoms with E-state index in [9.17, 15) is 0 Å². The van der Waals surface area contributed by atoms with Crippen LogP contribution in [0, 0.1) is 5.41 Å². The quantitative estimate of drug-likeness (QED) is 0.891. The summed E-state index contributed by atoms with van der Waals surface area (Å²) in [5.74, 6) is 3.14. The van der Waals surface area contributed by atoms with Crippen molar-refractivity contribution in [3.05, 3.63) is 24.0 Å². The molecule has 0 unspecified atom stereocenters. The second-order valence-corrected chi connectivity index (χ2v) is 8.01. The molecule has 2 N–H and O–H groups in total. The maximum Gasteiger partial charge on any atom is 0.227 e. The lowest BCUT2D eigenvalue weighted by molar-refractivity contribution is 0.00111. The molecule has 2 aromatic rings. The van der Waals surface area contributed by atoms with E-state index in [1.54, 1.807) is 0 Å². The van der Waals surface area contributed by atoms with Crippen LogP contribution in [-0.4, -0.2) is 58.3 Å². The summed E-state index contributed by atoms with van der Waals surface area (Å²) in [6, 6.07) is 4.00. The lowest BCUT2D eigenvalue weighted by Gasteiger charge is -2.52. The van der Waals surface area contributed by atoms with Crippen molar-refractivity contribution in [1.82, 2.24) is 25.1 Å². The molecule has 2 aromatic heterocycles. The highest BCUT2D eigenvalue weighted by molar-refractivity contribution is 5.53. The molecular formula is C18H25N7. The van der Waals surface area contributed by atoms with E-state index >= 15 is 0 Å². The number of likely N-dealkylation sites (tertiary alicyclic amines) is 1. The summed E-state index contributed by atoms with van der Waals surface area (Å²) in [6.07, 6.45) is 6.85. The predicted molar refractivity (Wildman–Crippen MR) is 97.3 cm³/mol. The zero-order valence-corrected chi connectivity index (χ0v) is 14.7. The molecule has 7 heteroatoms. The standard InChI is InChI=1S/C18H25N7/c1-24-11-18(12-24)5-8-25(9-6-18)17-19-7-4-15(21-17)20-16-10-14(22-23-16)13-2-3-13/h4,7,10,13H,2-3,5-6,8-9,11-12H2,1H3,(H2,19,20,21,22,23). The van der Waals surface area contributed by atoms with Crippen molar-refractivity contribution in [2.45, 2.75) is 31.6 Å². The average molecular weight is 339 g/mol. The van der Waals surface area contributed by atoms with E-state index in [4.69, 9.17) is 4.98 Å². The second-order valence-electron chi connectivity index (χ2n) is 8.01. The normalized spacial score (nSPS) is 22.8. The summed E-state index contributed by atoms with van der Waals surface area (Å²) < 4.78 is 0. The molecule has 0 aromatic carbocycles. The van der Waals surface area contributed by atoms with Crippen LogP contribution >= 0.6 is 0 Å². The first-order valence-electron chi connectivity index (χ1n) is 9.28. The number of aromatic nitrogens is 4. The van der Waals surface area contributed by atoms with Crippen LogP contribution in [0.15, 0.2) is 18.3 Å². The second kappa shape index (κ2) is 5.69. The van der Waals surface area contributed by atoms with E-state index in [0.717, 1.165) is 30.7 Å². The van der Waals surface area contributed by atoms with E-state index in [1.807, 2.05) is 12.3 Å². The molecule has 7 nitrogen and oxygen atoms in total. The minimum atomic E-state index is 0.551. The van der Waals surface area contributed by atoms with Gasteiger partial charge in [0.15, 0.2) is 5.82 Å². The van der Waals surface area contributed by atoms with E-state index < -0.39 is 0 Å². The van der Waals surface area contributed by atoms with Gasteiger partial charge in [0.1, 0.15) is 5.82 Å². The first kappa shape index (κ1) is 15.1. The number of anilines is 3. The van der Waals surface area contributed by atoms with Crippen molar-refractivity contribution in [1.29, 1.82) is 0 Å². The Labute approximate surface area is 147 Å². The summed E-state index contributed by atoms with van der Waals surface area (Å²) in [7, 11) is 2.21. The van der Waals surface area contributed by atoms with Crippen molar-refractivity contribution in [3.8, 4) is 0 Å². The smallest absolute Gasteiger partial charge is 0.227 e. The maximum absolute atomic E-state index is 4.71. The molecule has 1 aliphatic carbocycles. The minimum Gasteiger partial charge on any atom is -0.341 e. The number of hydrogen-bond acceptors (Lipinski definition) is 6. The summed E-state index contributed by atoms with van der Waals surface area (Å²) in [5, 5.41) is 10.8. The summed E-state index contributed by atoms with van der Waals surface area (Å²) in [4.78, 5) is 13.9. The lowest BCUT2D eigenvalue weighted by atomic mass is 9.72. The first-order valence-corrected chi connectivity index (χ1v) is 9.28. The number of hydrogen-bond donors (Lipinski definition) is 2. The highest BCUT2D eigenvalue weighted by atomic mass is 15.3. The predicted octanol–water partition coefficient (Wildman–Crippen LogP) is 2.35. The van der Waals surface area contributed by atoms with Crippen LogP contribution in [0.3, 0.4) is 0 Å². The molecule has 0 radical (unpaired) electrons. The molecule has 3 fully saturated rings. The third-order valence-corrected chi connectivity index (χ3v) is 5.83. The van der Waals surface area contributed by atoms with E-state index in [1.165, 1.54) is 44.5 Å².